The highest BCUT2D eigenvalue weighted by molar-refractivity contribution is 14.0. The van der Waals surface area contributed by atoms with Crippen molar-refractivity contribution in [3.05, 3.63) is 0 Å². The zero-order chi connectivity index (χ0) is 16.5. The summed E-state index contributed by atoms with van der Waals surface area (Å²) in [5.74, 6) is 1.89. The maximum atomic E-state index is 5.53. The molecule has 2 atom stereocenters. The molecule has 1 aliphatic carbocycles. The van der Waals surface area contributed by atoms with E-state index in [0.29, 0.717) is 6.04 Å². The highest BCUT2D eigenvalue weighted by Crippen LogP contribution is 2.34. The highest BCUT2D eigenvalue weighted by atomic mass is 127. The Labute approximate surface area is 169 Å². The standard InChI is InChI=1S/C18H35N3OS.HI/c1-4-15-7-6-8-16(13-15)21-17(19-5-2)20-14-18(23-3)9-11-22-12-10-18;/h15-16H,4-14H2,1-3H3,(H2,19,20,21);1H. The molecule has 142 valence electrons. The third-order valence-electron chi connectivity index (χ3n) is 5.41. The van der Waals surface area contributed by atoms with Gasteiger partial charge in [0.1, 0.15) is 0 Å². The molecule has 0 aromatic carbocycles. The lowest BCUT2D eigenvalue weighted by molar-refractivity contribution is 0.0794. The molecule has 0 bridgehead atoms. The van der Waals surface area contributed by atoms with Crippen LogP contribution in [0.1, 0.15) is 58.8 Å². The second kappa shape index (κ2) is 11.8. The van der Waals surface area contributed by atoms with Crippen molar-refractivity contribution in [3.63, 3.8) is 0 Å². The van der Waals surface area contributed by atoms with Crippen molar-refractivity contribution >= 4 is 41.7 Å². The van der Waals surface area contributed by atoms with Crippen LogP contribution >= 0.6 is 35.7 Å². The minimum Gasteiger partial charge on any atom is -0.381 e. The lowest BCUT2D eigenvalue weighted by atomic mass is 9.84. The number of aliphatic imine (C=N–C) groups is 1. The molecular weight excluding hydrogens is 433 g/mol. The van der Waals surface area contributed by atoms with Crippen LogP contribution in [-0.4, -0.2) is 49.3 Å². The molecule has 0 radical (unpaired) electrons. The number of rotatable bonds is 6. The van der Waals surface area contributed by atoms with Gasteiger partial charge in [-0.3, -0.25) is 4.99 Å². The van der Waals surface area contributed by atoms with Crippen molar-refractivity contribution in [2.75, 3.05) is 32.6 Å². The zero-order valence-corrected chi connectivity index (χ0v) is 18.8. The number of ether oxygens (including phenoxy) is 1. The molecule has 2 aliphatic rings. The van der Waals surface area contributed by atoms with E-state index >= 15 is 0 Å². The molecule has 4 nitrogen and oxygen atoms in total. The van der Waals surface area contributed by atoms with Gasteiger partial charge in [0.2, 0.25) is 0 Å². The van der Waals surface area contributed by atoms with E-state index in [1.54, 1.807) is 0 Å². The fraction of sp³-hybridized carbons (Fsp3) is 0.944. The van der Waals surface area contributed by atoms with Gasteiger partial charge in [0.15, 0.2) is 5.96 Å². The molecule has 1 aliphatic heterocycles. The molecule has 1 heterocycles. The molecule has 0 aromatic rings. The Morgan fingerprint density at radius 3 is 2.62 bits per heavy atom. The monoisotopic (exact) mass is 469 g/mol. The van der Waals surface area contributed by atoms with E-state index in [2.05, 4.69) is 30.7 Å². The molecule has 0 amide bonds. The third-order valence-corrected chi connectivity index (χ3v) is 6.81. The second-order valence-corrected chi connectivity index (χ2v) is 8.25. The Balaban J connectivity index is 0.00000288. The summed E-state index contributed by atoms with van der Waals surface area (Å²) in [6.07, 6.45) is 11.1. The first kappa shape index (κ1) is 22.4. The van der Waals surface area contributed by atoms with Gasteiger partial charge in [-0.1, -0.05) is 26.2 Å². The summed E-state index contributed by atoms with van der Waals surface area (Å²) in [6.45, 7) is 8.02. The molecule has 1 saturated carbocycles. The normalized spacial score (nSPS) is 27.2. The van der Waals surface area contributed by atoms with E-state index in [4.69, 9.17) is 9.73 Å². The van der Waals surface area contributed by atoms with E-state index in [-0.39, 0.29) is 28.7 Å². The van der Waals surface area contributed by atoms with Crippen molar-refractivity contribution < 1.29 is 4.74 Å². The van der Waals surface area contributed by atoms with Gasteiger partial charge >= 0.3 is 0 Å². The summed E-state index contributed by atoms with van der Waals surface area (Å²) >= 11 is 1.96. The average molecular weight is 469 g/mol. The molecule has 2 unspecified atom stereocenters. The predicted molar refractivity (Wildman–Crippen MR) is 117 cm³/mol. The number of hydrogen-bond donors (Lipinski definition) is 2. The quantitative estimate of drug-likeness (QED) is 0.350. The lowest BCUT2D eigenvalue weighted by Gasteiger charge is -2.35. The Kier molecular flexibility index (Phi) is 11.0. The molecule has 1 saturated heterocycles. The van der Waals surface area contributed by atoms with E-state index in [9.17, 15) is 0 Å². The molecule has 2 fully saturated rings. The number of nitrogens with one attached hydrogen (secondary N) is 2. The SMILES string of the molecule is CCNC(=NCC1(SC)CCOCC1)NC1CCCC(CC)C1.I. The van der Waals surface area contributed by atoms with Gasteiger partial charge in [-0.2, -0.15) is 11.8 Å². The summed E-state index contributed by atoms with van der Waals surface area (Å²) in [5, 5.41) is 7.14. The van der Waals surface area contributed by atoms with Gasteiger partial charge in [-0.25, -0.2) is 0 Å². The van der Waals surface area contributed by atoms with Crippen LogP contribution in [0.4, 0.5) is 0 Å². The van der Waals surface area contributed by atoms with Gasteiger partial charge < -0.3 is 15.4 Å². The number of nitrogens with zero attached hydrogens (tertiary/aromatic N) is 1. The Hall–Kier alpha value is 0.310. The molecule has 2 N–H and O–H groups in total. The van der Waals surface area contributed by atoms with Gasteiger partial charge in [0.25, 0.3) is 0 Å². The molecular formula is C18H36IN3OS. The number of thioether (sulfide) groups is 1. The van der Waals surface area contributed by atoms with Crippen LogP contribution in [0.5, 0.6) is 0 Å². The van der Waals surface area contributed by atoms with E-state index in [0.717, 1.165) is 51.0 Å². The smallest absolute Gasteiger partial charge is 0.191 e. The van der Waals surface area contributed by atoms with Crippen LogP contribution in [-0.2, 0) is 4.74 Å². The van der Waals surface area contributed by atoms with Crippen molar-refractivity contribution in [1.29, 1.82) is 0 Å². The molecule has 0 spiro atoms. The van der Waals surface area contributed by atoms with Gasteiger partial charge in [-0.15, -0.1) is 24.0 Å². The number of guanidine groups is 1. The summed E-state index contributed by atoms with van der Waals surface area (Å²) in [5.41, 5.74) is 0. The van der Waals surface area contributed by atoms with Crippen LogP contribution in [0.3, 0.4) is 0 Å². The Morgan fingerprint density at radius 1 is 1.25 bits per heavy atom. The first-order valence-corrected chi connectivity index (χ1v) is 10.6. The summed E-state index contributed by atoms with van der Waals surface area (Å²) in [6, 6.07) is 0.589. The zero-order valence-electron chi connectivity index (χ0n) is 15.6. The minimum atomic E-state index is 0. The van der Waals surface area contributed by atoms with Gasteiger partial charge in [-0.05, 0) is 44.8 Å². The van der Waals surface area contributed by atoms with Crippen LogP contribution < -0.4 is 10.6 Å². The number of hydrogen-bond acceptors (Lipinski definition) is 3. The summed E-state index contributed by atoms with van der Waals surface area (Å²) < 4.78 is 5.80. The summed E-state index contributed by atoms with van der Waals surface area (Å²) in [7, 11) is 0. The largest absolute Gasteiger partial charge is 0.381 e. The van der Waals surface area contributed by atoms with Crippen LogP contribution in [0.25, 0.3) is 0 Å². The molecule has 0 aromatic heterocycles. The van der Waals surface area contributed by atoms with Gasteiger partial charge in [0, 0.05) is 30.5 Å². The fourth-order valence-corrected chi connectivity index (χ4v) is 4.47. The highest BCUT2D eigenvalue weighted by Gasteiger charge is 2.31. The molecule has 2 rings (SSSR count). The van der Waals surface area contributed by atoms with Crippen molar-refractivity contribution in [3.8, 4) is 0 Å². The first-order chi connectivity index (χ1) is 11.2. The lowest BCUT2D eigenvalue weighted by Crippen LogP contribution is -2.46. The Bertz CT molecular complexity index is 375. The third kappa shape index (κ3) is 6.90. The van der Waals surface area contributed by atoms with E-state index in [1.165, 1.54) is 32.1 Å². The number of halogens is 1. The van der Waals surface area contributed by atoms with Crippen molar-refractivity contribution in [2.45, 2.75) is 69.6 Å². The minimum absolute atomic E-state index is 0. The summed E-state index contributed by atoms with van der Waals surface area (Å²) in [4.78, 5) is 4.94. The molecule has 24 heavy (non-hydrogen) atoms. The average Bonchev–Trinajstić information content (AvgIpc) is 2.61. The first-order valence-electron chi connectivity index (χ1n) is 9.39. The Morgan fingerprint density at radius 2 is 2.00 bits per heavy atom. The van der Waals surface area contributed by atoms with E-state index in [1.807, 2.05) is 11.8 Å². The fourth-order valence-electron chi connectivity index (χ4n) is 3.70. The predicted octanol–water partition coefficient (Wildman–Crippen LogP) is 4.04. The van der Waals surface area contributed by atoms with Gasteiger partial charge in [0.05, 0.1) is 6.54 Å². The van der Waals surface area contributed by atoms with Crippen LogP contribution in [0.15, 0.2) is 4.99 Å². The maximum absolute atomic E-state index is 5.53. The second-order valence-electron chi connectivity index (χ2n) is 6.98. The van der Waals surface area contributed by atoms with Crippen LogP contribution in [0.2, 0.25) is 0 Å². The molecule has 6 heteroatoms. The maximum Gasteiger partial charge on any atom is 0.191 e. The van der Waals surface area contributed by atoms with Crippen LogP contribution in [0, 0.1) is 5.92 Å². The van der Waals surface area contributed by atoms with E-state index < -0.39 is 0 Å². The van der Waals surface area contributed by atoms with Crippen molar-refractivity contribution in [1.82, 2.24) is 10.6 Å². The topological polar surface area (TPSA) is 45.7 Å². The van der Waals surface area contributed by atoms with Crippen molar-refractivity contribution in [2.24, 2.45) is 10.9 Å².